The number of halogens is 1. The van der Waals surface area contributed by atoms with Crippen molar-refractivity contribution in [3.05, 3.63) is 64.7 Å². The zero-order valence-electron chi connectivity index (χ0n) is 14.5. The Bertz CT molecular complexity index is 692. The zero-order chi connectivity index (χ0) is 17.6. The van der Waals surface area contributed by atoms with Crippen LogP contribution in [0.1, 0.15) is 15.9 Å². The van der Waals surface area contributed by atoms with Gasteiger partial charge in [-0.1, -0.05) is 23.7 Å². The lowest BCUT2D eigenvalue weighted by atomic mass is 10.1. The molecule has 1 saturated heterocycles. The molecule has 1 aliphatic heterocycles. The van der Waals surface area contributed by atoms with E-state index in [9.17, 15) is 4.79 Å². The van der Waals surface area contributed by atoms with Crippen molar-refractivity contribution in [3.63, 3.8) is 0 Å². The van der Waals surface area contributed by atoms with Crippen molar-refractivity contribution in [1.82, 2.24) is 9.80 Å². The first-order valence-electron chi connectivity index (χ1n) is 8.69. The highest BCUT2D eigenvalue weighted by Gasteiger charge is 2.21. The normalized spacial score (nSPS) is 15.2. The van der Waals surface area contributed by atoms with Gasteiger partial charge >= 0.3 is 0 Å². The van der Waals surface area contributed by atoms with Crippen molar-refractivity contribution in [2.45, 2.75) is 6.42 Å². The molecule has 4 nitrogen and oxygen atoms in total. The number of carbonyl (C=O) groups excluding carboxylic acids is 1. The molecule has 3 rings (SSSR count). The van der Waals surface area contributed by atoms with Gasteiger partial charge in [0.15, 0.2) is 0 Å². The standard InChI is InChI=1S/C20H24ClN3O/c1-22-19-8-4-17(5-9-19)20(25)24-14-12-23(13-15-24)11-10-16-2-6-18(21)7-3-16/h2-9,22H,10-15H2,1H3. The van der Waals surface area contributed by atoms with Gasteiger partial charge in [-0.3, -0.25) is 9.69 Å². The Hall–Kier alpha value is -2.04. The Balaban J connectivity index is 1.47. The molecule has 0 unspecified atom stereocenters. The molecule has 1 amide bonds. The van der Waals surface area contributed by atoms with Gasteiger partial charge in [0, 0.05) is 56.0 Å². The SMILES string of the molecule is CNc1ccc(C(=O)N2CCN(CCc3ccc(Cl)cc3)CC2)cc1. The number of nitrogens with one attached hydrogen (secondary N) is 1. The van der Waals surface area contributed by atoms with Gasteiger partial charge in [0.2, 0.25) is 0 Å². The third-order valence-corrected chi connectivity index (χ3v) is 4.96. The lowest BCUT2D eigenvalue weighted by molar-refractivity contribution is 0.0638. The minimum Gasteiger partial charge on any atom is -0.388 e. The minimum absolute atomic E-state index is 0.125. The van der Waals surface area contributed by atoms with Crippen LogP contribution >= 0.6 is 11.6 Å². The predicted octanol–water partition coefficient (Wildman–Crippen LogP) is 3.38. The highest BCUT2D eigenvalue weighted by molar-refractivity contribution is 6.30. The van der Waals surface area contributed by atoms with Crippen LogP contribution in [0.3, 0.4) is 0 Å². The first-order valence-corrected chi connectivity index (χ1v) is 9.07. The molecule has 1 aliphatic rings. The second-order valence-electron chi connectivity index (χ2n) is 6.34. The maximum Gasteiger partial charge on any atom is 0.253 e. The predicted molar refractivity (Wildman–Crippen MR) is 103 cm³/mol. The molecule has 2 aromatic carbocycles. The maximum atomic E-state index is 12.6. The molecule has 0 aliphatic carbocycles. The Morgan fingerprint density at radius 1 is 1.00 bits per heavy atom. The van der Waals surface area contributed by atoms with Crippen molar-refractivity contribution >= 4 is 23.2 Å². The van der Waals surface area contributed by atoms with E-state index >= 15 is 0 Å². The monoisotopic (exact) mass is 357 g/mol. The van der Waals surface area contributed by atoms with Gasteiger partial charge < -0.3 is 10.2 Å². The molecule has 1 heterocycles. The van der Waals surface area contributed by atoms with Gasteiger partial charge in [0.1, 0.15) is 0 Å². The number of rotatable bonds is 5. The van der Waals surface area contributed by atoms with E-state index in [1.807, 2.05) is 48.3 Å². The number of carbonyl (C=O) groups is 1. The summed E-state index contributed by atoms with van der Waals surface area (Å²) in [4.78, 5) is 17.0. The Morgan fingerprint density at radius 2 is 1.64 bits per heavy atom. The summed E-state index contributed by atoms with van der Waals surface area (Å²) in [5.41, 5.74) is 3.07. The van der Waals surface area contributed by atoms with Crippen LogP contribution in [0, 0.1) is 0 Å². The average molecular weight is 358 g/mol. The van der Waals surface area contributed by atoms with E-state index in [2.05, 4.69) is 22.3 Å². The first kappa shape index (κ1) is 17.8. The van der Waals surface area contributed by atoms with E-state index < -0.39 is 0 Å². The van der Waals surface area contributed by atoms with Crippen molar-refractivity contribution in [3.8, 4) is 0 Å². The fourth-order valence-corrected chi connectivity index (χ4v) is 3.20. The lowest BCUT2D eigenvalue weighted by Crippen LogP contribution is -2.49. The molecular weight excluding hydrogens is 334 g/mol. The highest BCUT2D eigenvalue weighted by Crippen LogP contribution is 2.14. The molecule has 0 radical (unpaired) electrons. The molecule has 132 valence electrons. The Labute approximate surface area is 154 Å². The first-order chi connectivity index (χ1) is 12.2. The van der Waals surface area contributed by atoms with Crippen LogP contribution in [-0.2, 0) is 6.42 Å². The van der Waals surface area contributed by atoms with E-state index in [0.29, 0.717) is 0 Å². The van der Waals surface area contributed by atoms with Crippen LogP contribution in [0.2, 0.25) is 5.02 Å². The van der Waals surface area contributed by atoms with Gasteiger partial charge in [-0.15, -0.1) is 0 Å². The lowest BCUT2D eigenvalue weighted by Gasteiger charge is -2.34. The Kier molecular flexibility index (Phi) is 5.95. The number of benzene rings is 2. The number of piperazine rings is 1. The quantitative estimate of drug-likeness (QED) is 0.891. The molecule has 5 heteroatoms. The van der Waals surface area contributed by atoms with E-state index in [-0.39, 0.29) is 5.91 Å². The second kappa shape index (κ2) is 8.37. The van der Waals surface area contributed by atoms with Gasteiger partial charge in [0.25, 0.3) is 5.91 Å². The van der Waals surface area contributed by atoms with Crippen LogP contribution in [0.25, 0.3) is 0 Å². The van der Waals surface area contributed by atoms with E-state index in [1.165, 1.54) is 5.56 Å². The smallest absolute Gasteiger partial charge is 0.253 e. The molecule has 25 heavy (non-hydrogen) atoms. The Morgan fingerprint density at radius 3 is 2.24 bits per heavy atom. The largest absolute Gasteiger partial charge is 0.388 e. The molecule has 1 N–H and O–H groups in total. The van der Waals surface area contributed by atoms with Crippen LogP contribution in [0.15, 0.2) is 48.5 Å². The van der Waals surface area contributed by atoms with Crippen LogP contribution in [-0.4, -0.2) is 55.5 Å². The summed E-state index contributed by atoms with van der Waals surface area (Å²) in [7, 11) is 1.88. The average Bonchev–Trinajstić information content (AvgIpc) is 2.67. The number of amides is 1. The number of nitrogens with zero attached hydrogens (tertiary/aromatic N) is 2. The summed E-state index contributed by atoms with van der Waals surface area (Å²) >= 11 is 5.92. The molecule has 0 spiro atoms. The zero-order valence-corrected chi connectivity index (χ0v) is 15.3. The highest BCUT2D eigenvalue weighted by atomic mass is 35.5. The summed E-state index contributed by atoms with van der Waals surface area (Å²) in [5.74, 6) is 0.125. The van der Waals surface area contributed by atoms with Gasteiger partial charge in [-0.05, 0) is 48.4 Å². The molecule has 2 aromatic rings. The van der Waals surface area contributed by atoms with Crippen LogP contribution in [0.5, 0.6) is 0 Å². The third kappa shape index (κ3) is 4.74. The van der Waals surface area contributed by atoms with Crippen LogP contribution in [0.4, 0.5) is 5.69 Å². The van der Waals surface area contributed by atoms with Gasteiger partial charge in [0.05, 0.1) is 0 Å². The molecule has 0 atom stereocenters. The fraction of sp³-hybridized carbons (Fsp3) is 0.350. The second-order valence-corrected chi connectivity index (χ2v) is 6.77. The van der Waals surface area contributed by atoms with E-state index in [4.69, 9.17) is 11.6 Å². The topological polar surface area (TPSA) is 35.6 Å². The number of anilines is 1. The number of hydrogen-bond donors (Lipinski definition) is 1. The maximum absolute atomic E-state index is 12.6. The molecule has 0 aromatic heterocycles. The molecule has 0 bridgehead atoms. The van der Waals surface area contributed by atoms with Crippen molar-refractivity contribution in [2.75, 3.05) is 45.1 Å². The summed E-state index contributed by atoms with van der Waals surface area (Å²) in [6.07, 6.45) is 1.01. The summed E-state index contributed by atoms with van der Waals surface area (Å²) in [6.45, 7) is 4.43. The van der Waals surface area contributed by atoms with Crippen molar-refractivity contribution in [1.29, 1.82) is 0 Å². The third-order valence-electron chi connectivity index (χ3n) is 4.71. The van der Waals surface area contributed by atoms with Gasteiger partial charge in [-0.2, -0.15) is 0 Å². The minimum atomic E-state index is 0.125. The van der Waals surface area contributed by atoms with Crippen molar-refractivity contribution < 1.29 is 4.79 Å². The summed E-state index contributed by atoms with van der Waals surface area (Å²) < 4.78 is 0. The van der Waals surface area contributed by atoms with E-state index in [1.54, 1.807) is 0 Å². The molecule has 0 saturated carbocycles. The molecular formula is C20H24ClN3O. The van der Waals surface area contributed by atoms with Crippen LogP contribution < -0.4 is 5.32 Å². The summed E-state index contributed by atoms with van der Waals surface area (Å²) in [6, 6.07) is 15.7. The van der Waals surface area contributed by atoms with E-state index in [0.717, 1.165) is 55.4 Å². The molecule has 1 fully saturated rings. The number of hydrogen-bond acceptors (Lipinski definition) is 3. The summed E-state index contributed by atoms with van der Waals surface area (Å²) in [5, 5.41) is 3.85. The van der Waals surface area contributed by atoms with Crippen molar-refractivity contribution in [2.24, 2.45) is 0 Å². The fourth-order valence-electron chi connectivity index (χ4n) is 3.07. The van der Waals surface area contributed by atoms with Gasteiger partial charge in [-0.25, -0.2) is 0 Å².